The zero-order chi connectivity index (χ0) is 34.1. The van der Waals surface area contributed by atoms with E-state index >= 15 is 0 Å². The summed E-state index contributed by atoms with van der Waals surface area (Å²) in [5.74, 6) is 2.47. The number of oxazole rings is 1. The Morgan fingerprint density at radius 3 is 2.37 bits per heavy atom. The fourth-order valence-corrected chi connectivity index (χ4v) is 7.28. The molecule has 2 aliphatic carbocycles. The van der Waals surface area contributed by atoms with Crippen LogP contribution in [0.25, 0.3) is 16.7 Å². The third-order valence-electron chi connectivity index (χ3n) is 9.23. The van der Waals surface area contributed by atoms with Crippen LogP contribution >= 0.6 is 11.6 Å². The molecular weight excluding hydrogens is 646 g/mol. The monoisotopic (exact) mass is 680 g/mol. The van der Waals surface area contributed by atoms with Crippen molar-refractivity contribution in [3.63, 3.8) is 0 Å². The smallest absolute Gasteiger partial charge is 0.379 e. The van der Waals surface area contributed by atoms with Crippen LogP contribution in [0.3, 0.4) is 0 Å². The van der Waals surface area contributed by atoms with E-state index in [2.05, 4.69) is 34.1 Å². The number of hydrogen-bond donors (Lipinski definition) is 0. The lowest BCUT2D eigenvalue weighted by Gasteiger charge is -2.30. The van der Waals surface area contributed by atoms with Crippen LogP contribution in [0, 0.1) is 26.1 Å². The molecule has 0 amide bonds. The van der Waals surface area contributed by atoms with Crippen LogP contribution in [0.2, 0.25) is 0 Å². The van der Waals surface area contributed by atoms with Crippen LogP contribution in [0.5, 0.6) is 5.75 Å². The quantitative estimate of drug-likeness (QED) is 0.0880. The highest BCUT2D eigenvalue weighted by Crippen LogP contribution is 2.49. The molecule has 3 aromatic carbocycles. The molecule has 0 saturated carbocycles. The standard InChI is InChI=1S/C37H35ClN5O6/c1-2-39-33-23-26(42(44)45)15-17-31(33)40(20-19-25-9-6-7-10-25)36(39)29-13-8-14-30(35(29)38)37-41(21-22-48-28-11-4-3-5-12-28)32-18-16-27(43(46)47)24-34(32)49-37/h3-7,9-12,15-18,23-25H,2,8,13-14,19-22H2,1H3/q+1. The molecule has 0 fully saturated rings. The van der Waals surface area contributed by atoms with E-state index in [-0.39, 0.29) is 16.3 Å². The number of nitro groups is 2. The van der Waals surface area contributed by atoms with Gasteiger partial charge in [0.15, 0.2) is 6.54 Å². The molecular formula is C37H35ClN5O6+. The number of nitro benzene ring substituents is 2. The van der Waals surface area contributed by atoms with E-state index in [0.717, 1.165) is 46.9 Å². The van der Waals surface area contributed by atoms with E-state index in [1.807, 2.05) is 47.9 Å². The first-order chi connectivity index (χ1) is 23.8. The van der Waals surface area contributed by atoms with Gasteiger partial charge in [0.25, 0.3) is 16.9 Å². The zero-order valence-corrected chi connectivity index (χ0v) is 27.7. The Hall–Kier alpha value is -5.42. The van der Waals surface area contributed by atoms with Gasteiger partial charge in [-0.2, -0.15) is 4.57 Å². The summed E-state index contributed by atoms with van der Waals surface area (Å²) in [6, 6.07) is 19.2. The number of non-ortho nitro benzene ring substituents is 2. The Morgan fingerprint density at radius 2 is 1.63 bits per heavy atom. The molecule has 4 aromatic rings. The average molecular weight is 681 g/mol. The molecule has 1 aromatic heterocycles. The van der Waals surface area contributed by atoms with Crippen LogP contribution in [0.1, 0.15) is 38.5 Å². The zero-order valence-electron chi connectivity index (χ0n) is 27.0. The molecule has 0 bridgehead atoms. The molecule has 7 rings (SSSR count). The molecule has 0 saturated heterocycles. The Balaban J connectivity index is 1.34. The van der Waals surface area contributed by atoms with Crippen LogP contribution in [0.15, 0.2) is 112 Å². The minimum atomic E-state index is -0.437. The second kappa shape index (κ2) is 13.6. The van der Waals surface area contributed by atoms with Crippen LogP contribution in [-0.2, 0) is 6.54 Å². The second-order valence-electron chi connectivity index (χ2n) is 12.1. The number of halogens is 1. The van der Waals surface area contributed by atoms with Crippen LogP contribution in [0.4, 0.5) is 22.7 Å². The molecule has 0 N–H and O–H groups in total. The molecule has 0 unspecified atom stereocenters. The van der Waals surface area contributed by atoms with Gasteiger partial charge in [0.1, 0.15) is 18.2 Å². The van der Waals surface area contributed by atoms with Gasteiger partial charge in [-0.15, -0.1) is 0 Å². The van der Waals surface area contributed by atoms with Crippen LogP contribution < -0.4 is 19.1 Å². The van der Waals surface area contributed by atoms with E-state index in [9.17, 15) is 20.2 Å². The molecule has 3 aliphatic rings. The summed E-state index contributed by atoms with van der Waals surface area (Å²) in [5, 5.41) is 24.0. The van der Waals surface area contributed by atoms with Crippen molar-refractivity contribution in [1.82, 2.24) is 0 Å². The highest BCUT2D eigenvalue weighted by atomic mass is 35.5. The molecule has 0 atom stereocenters. The van der Waals surface area contributed by atoms with Gasteiger partial charge in [-0.3, -0.25) is 20.2 Å². The summed E-state index contributed by atoms with van der Waals surface area (Å²) in [4.78, 5) is 27.0. The first kappa shape index (κ1) is 32.1. The number of ether oxygens (including phenoxy) is 1. The van der Waals surface area contributed by atoms with Gasteiger partial charge in [0.2, 0.25) is 5.58 Å². The minimum absolute atomic E-state index is 0.0335. The summed E-state index contributed by atoms with van der Waals surface area (Å²) < 4.78 is 14.4. The SMILES string of the molecule is CCN1/C(=C2/CCCC(c3oc4cc([N+](=O)[O-])ccc4[n+]3CCOc3ccccc3)=C2Cl)N(CCC2C=CC=C2)c2ccc([N+](=O)[O-])cc21. The van der Waals surface area contributed by atoms with Crippen molar-refractivity contribution in [3.05, 3.63) is 134 Å². The average Bonchev–Trinajstić information content (AvgIpc) is 3.83. The first-order valence-corrected chi connectivity index (χ1v) is 16.8. The van der Waals surface area contributed by atoms with Crippen molar-refractivity contribution in [2.24, 2.45) is 5.92 Å². The topological polar surface area (TPSA) is 119 Å². The van der Waals surface area contributed by atoms with Crippen molar-refractivity contribution in [2.45, 2.75) is 39.2 Å². The number of aromatic nitrogens is 1. The van der Waals surface area contributed by atoms with E-state index in [1.54, 1.807) is 18.2 Å². The Morgan fingerprint density at radius 1 is 0.918 bits per heavy atom. The lowest BCUT2D eigenvalue weighted by Crippen LogP contribution is -2.39. The van der Waals surface area contributed by atoms with Gasteiger partial charge >= 0.3 is 5.89 Å². The maximum atomic E-state index is 11.8. The number of hydrogen-bond acceptors (Lipinski definition) is 8. The van der Waals surface area contributed by atoms with Crippen molar-refractivity contribution in [2.75, 3.05) is 29.5 Å². The van der Waals surface area contributed by atoms with Crippen molar-refractivity contribution in [3.8, 4) is 5.75 Å². The molecule has 11 nitrogen and oxygen atoms in total. The summed E-state index contributed by atoms with van der Waals surface area (Å²) in [6.45, 7) is 4.05. The Bertz CT molecular complexity index is 2060. The maximum absolute atomic E-state index is 11.8. The van der Waals surface area contributed by atoms with E-state index in [0.29, 0.717) is 67.0 Å². The highest BCUT2D eigenvalue weighted by Gasteiger charge is 2.38. The third-order valence-corrected chi connectivity index (χ3v) is 9.68. The van der Waals surface area contributed by atoms with Gasteiger partial charge in [0.05, 0.1) is 37.9 Å². The lowest BCUT2D eigenvalue weighted by atomic mass is 9.93. The Kier molecular flexibility index (Phi) is 8.92. The molecule has 2 heterocycles. The largest absolute Gasteiger partial charge is 0.487 e. The molecule has 250 valence electrons. The molecule has 0 radical (unpaired) electrons. The predicted octanol–water partition coefficient (Wildman–Crippen LogP) is 8.44. The third kappa shape index (κ3) is 6.17. The summed E-state index contributed by atoms with van der Waals surface area (Å²) >= 11 is 7.44. The summed E-state index contributed by atoms with van der Waals surface area (Å²) in [7, 11) is 0. The van der Waals surface area contributed by atoms with Crippen LogP contribution in [-0.4, -0.2) is 29.5 Å². The van der Waals surface area contributed by atoms with E-state index in [1.165, 1.54) is 12.1 Å². The number of allylic oxidation sites excluding steroid dienone is 7. The number of rotatable bonds is 11. The van der Waals surface area contributed by atoms with Gasteiger partial charge in [-0.05, 0) is 56.7 Å². The fraction of sp³-hybridized carbons (Fsp3) is 0.270. The summed E-state index contributed by atoms with van der Waals surface area (Å²) in [6.07, 6.45) is 11.4. The minimum Gasteiger partial charge on any atom is -0.487 e. The van der Waals surface area contributed by atoms with Crippen molar-refractivity contribution in [1.29, 1.82) is 0 Å². The van der Waals surface area contributed by atoms with Gasteiger partial charge in [-0.1, -0.05) is 54.1 Å². The predicted molar refractivity (Wildman–Crippen MR) is 188 cm³/mol. The number of anilines is 2. The molecule has 12 heteroatoms. The highest BCUT2D eigenvalue weighted by molar-refractivity contribution is 6.35. The normalized spacial score (nSPS) is 17.4. The molecule has 0 spiro atoms. The maximum Gasteiger partial charge on any atom is 0.379 e. The molecule has 1 aliphatic heterocycles. The van der Waals surface area contributed by atoms with Crippen molar-refractivity contribution >= 4 is 51.0 Å². The number of para-hydroxylation sites is 1. The van der Waals surface area contributed by atoms with Gasteiger partial charge in [0, 0.05) is 42.9 Å². The van der Waals surface area contributed by atoms with E-state index in [4.69, 9.17) is 20.8 Å². The number of fused-ring (bicyclic) bond motifs is 2. The van der Waals surface area contributed by atoms with Crippen molar-refractivity contribution < 1.29 is 23.6 Å². The second-order valence-corrected chi connectivity index (χ2v) is 12.5. The molecule has 49 heavy (non-hydrogen) atoms. The fourth-order valence-electron chi connectivity index (χ4n) is 6.93. The number of benzene rings is 3. The van der Waals surface area contributed by atoms with E-state index < -0.39 is 4.92 Å². The summed E-state index contributed by atoms with van der Waals surface area (Å²) in [5.41, 5.74) is 4.46. The first-order valence-electron chi connectivity index (χ1n) is 16.4. The van der Waals surface area contributed by atoms with Gasteiger partial charge in [-0.25, -0.2) is 0 Å². The van der Waals surface area contributed by atoms with Gasteiger partial charge < -0.3 is 19.0 Å². The number of nitrogens with zero attached hydrogens (tertiary/aromatic N) is 5. The Labute approximate surface area is 287 Å². The lowest BCUT2D eigenvalue weighted by molar-refractivity contribution is -0.679.